The van der Waals surface area contributed by atoms with E-state index in [-0.39, 0.29) is 18.1 Å². The smallest absolute Gasteiger partial charge is 0.230 e. The second kappa shape index (κ2) is 7.51. The minimum absolute atomic E-state index is 0.159. The van der Waals surface area contributed by atoms with Gasteiger partial charge in [-0.1, -0.05) is 47.2 Å². The molecular weight excluding hydrogens is 349 g/mol. The van der Waals surface area contributed by atoms with Gasteiger partial charge in [0.05, 0.1) is 6.42 Å². The monoisotopic (exact) mass is 361 g/mol. The molecule has 0 radical (unpaired) electrons. The zero-order valence-corrected chi connectivity index (χ0v) is 14.1. The number of halogens is 2. The van der Waals surface area contributed by atoms with Gasteiger partial charge in [0, 0.05) is 11.4 Å². The van der Waals surface area contributed by atoms with Crippen LogP contribution in [0.2, 0.25) is 5.02 Å². The highest BCUT2D eigenvalue weighted by molar-refractivity contribution is 7.15. The molecule has 122 valence electrons. The van der Waals surface area contributed by atoms with Gasteiger partial charge in [0.2, 0.25) is 11.0 Å². The topological polar surface area (TPSA) is 54.9 Å². The number of nitrogens with zero attached hydrogens (tertiary/aromatic N) is 2. The van der Waals surface area contributed by atoms with Crippen molar-refractivity contribution in [3.63, 3.8) is 0 Å². The van der Waals surface area contributed by atoms with Crippen LogP contribution in [0.4, 0.5) is 9.52 Å². The van der Waals surface area contributed by atoms with Gasteiger partial charge in [-0.15, -0.1) is 10.2 Å². The van der Waals surface area contributed by atoms with Crippen molar-refractivity contribution in [3.05, 3.63) is 75.5 Å². The molecule has 0 aliphatic heterocycles. The van der Waals surface area contributed by atoms with Gasteiger partial charge >= 0.3 is 0 Å². The fourth-order valence-corrected chi connectivity index (χ4v) is 3.02. The number of nitrogens with one attached hydrogen (secondary N) is 1. The normalized spacial score (nSPS) is 10.6. The Morgan fingerprint density at radius 3 is 2.42 bits per heavy atom. The molecule has 0 aliphatic carbocycles. The van der Waals surface area contributed by atoms with Gasteiger partial charge in [0.1, 0.15) is 10.8 Å². The maximum Gasteiger partial charge on any atom is 0.230 e. The summed E-state index contributed by atoms with van der Waals surface area (Å²) in [5.74, 6) is -0.536. The van der Waals surface area contributed by atoms with Crippen LogP contribution in [0.5, 0.6) is 0 Å². The van der Waals surface area contributed by atoms with Crippen molar-refractivity contribution in [2.24, 2.45) is 0 Å². The van der Waals surface area contributed by atoms with Gasteiger partial charge in [-0.25, -0.2) is 4.39 Å². The first-order valence-electron chi connectivity index (χ1n) is 7.19. The molecule has 0 saturated carbocycles. The predicted octanol–water partition coefficient (Wildman–Crippen LogP) is 4.10. The van der Waals surface area contributed by atoms with Gasteiger partial charge < -0.3 is 5.32 Å². The Kier molecular flexibility index (Phi) is 5.17. The lowest BCUT2D eigenvalue weighted by molar-refractivity contribution is -0.115. The summed E-state index contributed by atoms with van der Waals surface area (Å²) in [4.78, 5) is 12.0. The highest BCUT2D eigenvalue weighted by Crippen LogP contribution is 2.20. The van der Waals surface area contributed by atoms with Crippen molar-refractivity contribution in [2.45, 2.75) is 12.8 Å². The number of hydrogen-bond donors (Lipinski definition) is 1. The van der Waals surface area contributed by atoms with E-state index in [1.807, 2.05) is 24.3 Å². The highest BCUT2D eigenvalue weighted by atomic mass is 35.5. The van der Waals surface area contributed by atoms with Crippen LogP contribution >= 0.6 is 22.9 Å². The quantitative estimate of drug-likeness (QED) is 0.744. The predicted molar refractivity (Wildman–Crippen MR) is 92.9 cm³/mol. The molecule has 0 fully saturated rings. The number of carbonyl (C=O) groups excluding carboxylic acids is 1. The second-order valence-corrected chi connectivity index (χ2v) is 6.65. The Morgan fingerprint density at radius 1 is 1.04 bits per heavy atom. The van der Waals surface area contributed by atoms with Crippen LogP contribution in [0.3, 0.4) is 0 Å². The Hall–Kier alpha value is -2.31. The molecule has 4 nitrogen and oxygen atoms in total. The highest BCUT2D eigenvalue weighted by Gasteiger charge is 2.09. The van der Waals surface area contributed by atoms with Crippen LogP contribution in [-0.2, 0) is 17.6 Å². The molecular formula is C17H13ClFN3OS. The summed E-state index contributed by atoms with van der Waals surface area (Å²) in [6.07, 6.45) is 0.787. The summed E-state index contributed by atoms with van der Waals surface area (Å²) in [5, 5.41) is 12.7. The number of anilines is 1. The molecule has 2 aromatic carbocycles. The maximum absolute atomic E-state index is 12.9. The van der Waals surface area contributed by atoms with E-state index in [2.05, 4.69) is 15.5 Å². The van der Waals surface area contributed by atoms with Crippen molar-refractivity contribution in [1.29, 1.82) is 0 Å². The summed E-state index contributed by atoms with van der Waals surface area (Å²) in [6.45, 7) is 0. The van der Waals surface area contributed by atoms with Gasteiger partial charge in [-0.2, -0.15) is 0 Å². The minimum Gasteiger partial charge on any atom is -0.300 e. The van der Waals surface area contributed by atoms with E-state index >= 15 is 0 Å². The van der Waals surface area contributed by atoms with E-state index in [0.29, 0.717) is 16.6 Å². The zero-order valence-electron chi connectivity index (χ0n) is 12.5. The van der Waals surface area contributed by atoms with Crippen LogP contribution < -0.4 is 5.32 Å². The second-order valence-electron chi connectivity index (χ2n) is 5.16. The van der Waals surface area contributed by atoms with Crippen molar-refractivity contribution >= 4 is 34.0 Å². The van der Waals surface area contributed by atoms with Crippen LogP contribution in [0.25, 0.3) is 0 Å². The van der Waals surface area contributed by atoms with Crippen molar-refractivity contribution < 1.29 is 9.18 Å². The van der Waals surface area contributed by atoms with E-state index < -0.39 is 0 Å². The molecule has 1 aromatic heterocycles. The average molecular weight is 362 g/mol. The van der Waals surface area contributed by atoms with E-state index in [1.165, 1.54) is 23.5 Å². The zero-order chi connectivity index (χ0) is 16.9. The number of hydrogen-bond acceptors (Lipinski definition) is 4. The largest absolute Gasteiger partial charge is 0.300 e. The SMILES string of the molecule is O=C(Cc1ccc(F)cc1)Nc1nnc(Cc2ccc(Cl)cc2)s1. The first-order chi connectivity index (χ1) is 11.6. The molecule has 1 N–H and O–H groups in total. The van der Waals surface area contributed by atoms with E-state index in [1.54, 1.807) is 12.1 Å². The Morgan fingerprint density at radius 2 is 1.71 bits per heavy atom. The van der Waals surface area contributed by atoms with Crippen molar-refractivity contribution in [1.82, 2.24) is 10.2 Å². The van der Waals surface area contributed by atoms with E-state index in [9.17, 15) is 9.18 Å². The van der Waals surface area contributed by atoms with Crippen LogP contribution in [0.15, 0.2) is 48.5 Å². The average Bonchev–Trinajstić information content (AvgIpc) is 2.99. The number of amides is 1. The van der Waals surface area contributed by atoms with Crippen molar-refractivity contribution in [2.75, 3.05) is 5.32 Å². The number of carbonyl (C=O) groups is 1. The molecule has 3 aromatic rings. The maximum atomic E-state index is 12.9. The molecule has 0 spiro atoms. The third-order valence-corrected chi connectivity index (χ3v) is 4.35. The van der Waals surface area contributed by atoms with Crippen LogP contribution in [-0.4, -0.2) is 16.1 Å². The fraction of sp³-hybridized carbons (Fsp3) is 0.118. The number of aromatic nitrogens is 2. The van der Waals surface area contributed by atoms with E-state index in [4.69, 9.17) is 11.6 Å². The van der Waals surface area contributed by atoms with Crippen LogP contribution in [0, 0.1) is 5.82 Å². The van der Waals surface area contributed by atoms with Crippen molar-refractivity contribution in [3.8, 4) is 0 Å². The molecule has 3 rings (SSSR count). The van der Waals surface area contributed by atoms with Crippen LogP contribution in [0.1, 0.15) is 16.1 Å². The Labute approximate surface area is 147 Å². The number of benzene rings is 2. The minimum atomic E-state index is -0.324. The Bertz CT molecular complexity index is 834. The lowest BCUT2D eigenvalue weighted by Gasteiger charge is -2.01. The molecule has 0 unspecified atom stereocenters. The molecule has 1 heterocycles. The molecule has 0 saturated heterocycles. The standard InChI is InChI=1S/C17H13ClFN3OS/c18-13-5-1-12(2-6-13)10-16-21-22-17(24-16)20-15(23)9-11-3-7-14(19)8-4-11/h1-8H,9-10H2,(H,20,22,23). The third kappa shape index (κ3) is 4.59. The van der Waals surface area contributed by atoms with E-state index in [0.717, 1.165) is 16.1 Å². The first-order valence-corrected chi connectivity index (χ1v) is 8.39. The lowest BCUT2D eigenvalue weighted by atomic mass is 10.1. The molecule has 0 atom stereocenters. The summed E-state index contributed by atoms with van der Waals surface area (Å²) in [7, 11) is 0. The number of rotatable bonds is 5. The molecule has 24 heavy (non-hydrogen) atoms. The lowest BCUT2D eigenvalue weighted by Crippen LogP contribution is -2.14. The van der Waals surface area contributed by atoms with Gasteiger partial charge in [0.15, 0.2) is 0 Å². The molecule has 7 heteroatoms. The molecule has 0 bridgehead atoms. The molecule has 0 aliphatic rings. The van der Waals surface area contributed by atoms with Gasteiger partial charge in [-0.3, -0.25) is 4.79 Å². The third-order valence-electron chi connectivity index (χ3n) is 3.26. The summed E-state index contributed by atoms with van der Waals surface area (Å²) < 4.78 is 12.9. The molecule has 1 amide bonds. The fourth-order valence-electron chi connectivity index (χ4n) is 2.10. The first kappa shape index (κ1) is 16.5. The van der Waals surface area contributed by atoms with Gasteiger partial charge in [0.25, 0.3) is 0 Å². The Balaban J connectivity index is 1.58. The summed E-state index contributed by atoms with van der Waals surface area (Å²) in [5.41, 5.74) is 1.81. The van der Waals surface area contributed by atoms with Gasteiger partial charge in [-0.05, 0) is 35.4 Å². The summed E-state index contributed by atoms with van der Waals surface area (Å²) >= 11 is 7.18. The summed E-state index contributed by atoms with van der Waals surface area (Å²) in [6, 6.07) is 13.3.